The molecule has 4 heterocycles. The van der Waals surface area contributed by atoms with Gasteiger partial charge in [-0.2, -0.15) is 13.9 Å². The molecule has 0 saturated heterocycles. The van der Waals surface area contributed by atoms with Gasteiger partial charge < -0.3 is 28.7 Å². The van der Waals surface area contributed by atoms with Gasteiger partial charge in [0.15, 0.2) is 23.1 Å². The number of allylic oxidation sites excluding steroid dienone is 4. The average molecular weight is 963 g/mol. The summed E-state index contributed by atoms with van der Waals surface area (Å²) in [6.07, 6.45) is 12.9. The average Bonchev–Trinajstić information content (AvgIpc) is 4.18. The molecule has 4 aromatic carbocycles. The molecule has 4 aromatic rings. The van der Waals surface area contributed by atoms with Gasteiger partial charge in [-0.1, -0.05) is 72.8 Å². The zero-order valence-electron chi connectivity index (χ0n) is 41.0. The Labute approximate surface area is 412 Å². The van der Waals surface area contributed by atoms with Crippen molar-refractivity contribution in [3.05, 3.63) is 166 Å². The van der Waals surface area contributed by atoms with Crippen molar-refractivity contribution in [2.45, 2.75) is 104 Å². The van der Waals surface area contributed by atoms with E-state index in [2.05, 4.69) is 97.3 Å². The van der Waals surface area contributed by atoms with Gasteiger partial charge in [0, 0.05) is 78.9 Å². The zero-order valence-corrected chi connectivity index (χ0v) is 41.8. The number of fused-ring (bicyclic) bond motifs is 4. The summed E-state index contributed by atoms with van der Waals surface area (Å²) in [4.78, 5) is 37.0. The van der Waals surface area contributed by atoms with Crippen LogP contribution in [-0.4, -0.2) is 83.3 Å². The summed E-state index contributed by atoms with van der Waals surface area (Å²) in [5.74, 6) is 0. The number of rotatable bonds is 6. The molecule has 13 nitrogen and oxygen atoms in total. The van der Waals surface area contributed by atoms with Crippen LogP contribution in [0, 0.1) is 0 Å². The van der Waals surface area contributed by atoms with Crippen molar-refractivity contribution in [2.24, 2.45) is 4.99 Å². The first-order valence-corrected chi connectivity index (χ1v) is 25.7. The van der Waals surface area contributed by atoms with E-state index in [-0.39, 0.29) is 5.70 Å². The van der Waals surface area contributed by atoms with Gasteiger partial charge in [-0.25, -0.2) is 18.0 Å². The van der Waals surface area contributed by atoms with E-state index in [4.69, 9.17) is 9.47 Å². The van der Waals surface area contributed by atoms with E-state index in [0.29, 0.717) is 28.3 Å². The molecule has 0 radical (unpaired) electrons. The summed E-state index contributed by atoms with van der Waals surface area (Å²) in [7, 11) is -5.22. The van der Waals surface area contributed by atoms with E-state index in [1.165, 1.54) is 33.6 Å². The van der Waals surface area contributed by atoms with Crippen molar-refractivity contribution in [2.75, 3.05) is 40.9 Å². The van der Waals surface area contributed by atoms with Gasteiger partial charge in [0.1, 0.15) is 11.2 Å². The minimum atomic E-state index is -5.22. The maximum absolute atomic E-state index is 13.2. The third kappa shape index (κ3) is 10.8. The summed E-state index contributed by atoms with van der Waals surface area (Å²) in [5, 5.41) is 0. The number of ether oxygens (including phenoxy) is 2. The van der Waals surface area contributed by atoms with Gasteiger partial charge in [0.2, 0.25) is 5.69 Å². The number of amides is 2. The van der Waals surface area contributed by atoms with Crippen molar-refractivity contribution >= 4 is 57.2 Å². The van der Waals surface area contributed by atoms with Crippen molar-refractivity contribution < 1.29 is 36.6 Å². The normalized spacial score (nSPS) is 19.7. The summed E-state index contributed by atoms with van der Waals surface area (Å²) in [6.45, 7) is 13.9. The molecular formula is C56H62N6O7S. The van der Waals surface area contributed by atoms with Crippen LogP contribution in [-0.2, 0) is 45.5 Å². The maximum Gasteiger partial charge on any atom is 0.434 e. The number of hydrogen-bond donors (Lipinski definition) is 0. The molecule has 1 fully saturated rings. The van der Waals surface area contributed by atoms with Crippen LogP contribution in [0.1, 0.15) is 89.5 Å². The Morgan fingerprint density at radius 2 is 1.04 bits per heavy atom. The van der Waals surface area contributed by atoms with Crippen molar-refractivity contribution in [3.63, 3.8) is 0 Å². The van der Waals surface area contributed by atoms with E-state index >= 15 is 0 Å². The molecule has 0 bridgehead atoms. The van der Waals surface area contributed by atoms with Crippen LogP contribution in [0.15, 0.2) is 149 Å². The second kappa shape index (κ2) is 19.6. The van der Waals surface area contributed by atoms with Gasteiger partial charge in [0.05, 0.1) is 11.4 Å². The first-order valence-electron chi connectivity index (χ1n) is 24.3. The third-order valence-electron chi connectivity index (χ3n) is 13.1. The fraction of sp³-hybridized carbons (Fsp3) is 0.357. The van der Waals surface area contributed by atoms with Crippen molar-refractivity contribution in [3.8, 4) is 0 Å². The Bertz CT molecular complexity index is 2950. The Hall–Kier alpha value is -6.77. The highest BCUT2D eigenvalue weighted by Crippen LogP contribution is 2.40. The van der Waals surface area contributed by atoms with Crippen molar-refractivity contribution in [1.29, 1.82) is 0 Å². The lowest BCUT2D eigenvalue weighted by atomic mass is 10.1. The zero-order chi connectivity index (χ0) is 49.4. The molecule has 0 atom stereocenters. The second-order valence-corrected chi connectivity index (χ2v) is 21.6. The summed E-state index contributed by atoms with van der Waals surface area (Å²) < 4.78 is 51.0. The molecule has 0 N–H and O–H groups in total. The molecule has 0 unspecified atom stereocenters. The lowest BCUT2D eigenvalue weighted by Crippen LogP contribution is -2.40. The van der Waals surface area contributed by atoms with Crippen molar-refractivity contribution in [1.82, 2.24) is 4.31 Å². The SMILES string of the molecule is CC(C)(C)OC(=O)N(C1=C(C=[N+]2CCc3ccccc32)CC/C1=C\N1CCc2ccccc21)S(=O)(=O)[O-].CC(C)(C)OC(=O)N=C1/C(=C/N2CCc3ccccc32)CC/C1=C\N1CCc2ccccc21. The first kappa shape index (κ1) is 48.3. The quantitative estimate of drug-likeness (QED) is 0.136. The molecule has 2 aliphatic carbocycles. The minimum Gasteiger partial charge on any atom is -0.730 e. The van der Waals surface area contributed by atoms with Crippen LogP contribution in [0.4, 0.5) is 32.3 Å². The molecule has 2 amide bonds. The summed E-state index contributed by atoms with van der Waals surface area (Å²) in [5.41, 5.74) is 12.4. The molecule has 6 aliphatic rings. The highest BCUT2D eigenvalue weighted by Gasteiger charge is 2.38. The number of carbonyl (C=O) groups excluding carboxylic acids is 2. The Kier molecular flexibility index (Phi) is 13.5. The maximum atomic E-state index is 13.2. The number of nitrogens with zero attached hydrogens (tertiary/aromatic N) is 6. The largest absolute Gasteiger partial charge is 0.730 e. The summed E-state index contributed by atoms with van der Waals surface area (Å²) >= 11 is 0. The molecule has 0 spiro atoms. The lowest BCUT2D eigenvalue weighted by molar-refractivity contribution is -0.423. The fourth-order valence-corrected chi connectivity index (χ4v) is 10.7. The van der Waals surface area contributed by atoms with Gasteiger partial charge >= 0.3 is 12.2 Å². The number of hydrogen-bond acceptors (Lipinski definition) is 10. The molecule has 70 heavy (non-hydrogen) atoms. The molecular weight excluding hydrogens is 901 g/mol. The molecule has 1 saturated carbocycles. The molecule has 14 heteroatoms. The number of para-hydroxylation sites is 4. The van der Waals surface area contributed by atoms with E-state index in [1.54, 1.807) is 20.8 Å². The fourth-order valence-electron chi connectivity index (χ4n) is 10.0. The van der Waals surface area contributed by atoms with E-state index in [9.17, 15) is 22.6 Å². The number of aliphatic imine (C=N–C) groups is 1. The van der Waals surface area contributed by atoms with E-state index < -0.39 is 33.7 Å². The van der Waals surface area contributed by atoms with Crippen LogP contribution < -0.4 is 14.7 Å². The van der Waals surface area contributed by atoms with E-state index in [1.807, 2.05) is 69.6 Å². The molecule has 0 aromatic heterocycles. The number of benzene rings is 4. The second-order valence-electron chi connectivity index (χ2n) is 20.4. The smallest absolute Gasteiger partial charge is 0.434 e. The predicted octanol–water partition coefficient (Wildman–Crippen LogP) is 10.7. The number of carbonyl (C=O) groups is 2. The standard InChI is InChI=1S/C28H31N3O5S.C28H31N3O2/c1-28(2,3)36-27(32)31(37(33,34)35)26-22(18-29-16-14-20-8-4-6-10-24(20)29)12-13-23(26)19-30-17-15-21-9-5-7-11-25(21)30;1-28(2,3)33-27(32)29-26-22(18-30-16-14-20-8-4-6-10-24(20)30)12-13-23(26)19-31-17-15-21-9-5-7-11-25(21)31/h4-11,18-19H,12-17H2,1-3H3;4-11,18-19H,12-17H2,1-3H3/b;22-18+,23-19+. The number of anilines is 3. The van der Waals surface area contributed by atoms with Gasteiger partial charge in [-0.15, -0.1) is 0 Å². The van der Waals surface area contributed by atoms with E-state index in [0.717, 1.165) is 92.9 Å². The monoisotopic (exact) mass is 962 g/mol. The van der Waals surface area contributed by atoms with Crippen LogP contribution >= 0.6 is 0 Å². The van der Waals surface area contributed by atoms with Gasteiger partial charge in [-0.3, -0.25) is 0 Å². The Morgan fingerprint density at radius 3 is 1.53 bits per heavy atom. The van der Waals surface area contributed by atoms with Gasteiger partial charge in [0.25, 0.3) is 0 Å². The Morgan fingerprint density at radius 1 is 0.600 bits per heavy atom. The first-order chi connectivity index (χ1) is 33.4. The van der Waals surface area contributed by atoms with Crippen LogP contribution in [0.5, 0.6) is 0 Å². The minimum absolute atomic E-state index is 0.0954. The Balaban J connectivity index is 0.000000175. The van der Waals surface area contributed by atoms with Crippen LogP contribution in [0.2, 0.25) is 0 Å². The third-order valence-corrected chi connectivity index (χ3v) is 13.8. The van der Waals surface area contributed by atoms with Gasteiger partial charge in [-0.05, 0) is 138 Å². The van der Waals surface area contributed by atoms with Crippen LogP contribution in [0.3, 0.4) is 0 Å². The highest BCUT2D eigenvalue weighted by atomic mass is 32.2. The molecule has 364 valence electrons. The predicted molar refractivity (Wildman–Crippen MR) is 275 cm³/mol. The molecule has 4 aliphatic heterocycles. The summed E-state index contributed by atoms with van der Waals surface area (Å²) in [6, 6.07) is 33.1. The molecule has 10 rings (SSSR count). The highest BCUT2D eigenvalue weighted by molar-refractivity contribution is 7.84. The topological polar surface area (TPSA) is 138 Å². The lowest BCUT2D eigenvalue weighted by Gasteiger charge is -2.30. The van der Waals surface area contributed by atoms with Crippen LogP contribution in [0.25, 0.3) is 0 Å².